The van der Waals surface area contributed by atoms with Gasteiger partial charge >= 0.3 is 5.97 Å². The van der Waals surface area contributed by atoms with Crippen LogP contribution in [0.5, 0.6) is 11.5 Å². The Labute approximate surface area is 319 Å². The molecule has 0 unspecified atom stereocenters. The van der Waals surface area contributed by atoms with Gasteiger partial charge in [0, 0.05) is 49.4 Å². The summed E-state index contributed by atoms with van der Waals surface area (Å²) in [5.74, 6) is -0.0782. The summed E-state index contributed by atoms with van der Waals surface area (Å²) in [5.41, 5.74) is 2.25. The SMILES string of the molecule is CC(=O)N1CCN(c2ccc(OC[C@H]3CO[C@](Cn4cc[n+](Cc5ccc(OC(=O)C(C)(C)C)cc5)c4)(c4ccc(Cl)cc4Cl)O3)cc2)CC1.[Br-]. The third-order valence-electron chi connectivity index (χ3n) is 8.81. The van der Waals surface area contributed by atoms with E-state index in [-0.39, 0.29) is 41.6 Å². The number of hydrogen-bond acceptors (Lipinski definition) is 7. The molecule has 0 N–H and O–H groups in total. The Balaban J connectivity index is 0.00000504. The summed E-state index contributed by atoms with van der Waals surface area (Å²) in [5, 5.41) is 0.972. The molecule has 2 saturated heterocycles. The second kappa shape index (κ2) is 16.4. The first-order valence-corrected chi connectivity index (χ1v) is 17.5. The molecular formula is C38H43BrCl2N4O6. The van der Waals surface area contributed by atoms with Crippen LogP contribution in [0, 0.1) is 5.41 Å². The highest BCUT2D eigenvalue weighted by Gasteiger charge is 2.47. The molecule has 2 fully saturated rings. The Morgan fingerprint density at radius 1 is 0.961 bits per heavy atom. The van der Waals surface area contributed by atoms with Crippen molar-refractivity contribution in [1.82, 2.24) is 9.47 Å². The van der Waals surface area contributed by atoms with Gasteiger partial charge in [-0.3, -0.25) is 9.59 Å². The molecular weight excluding hydrogens is 759 g/mol. The standard InChI is InChI=1S/C38H43Cl2N4O6.BrH/c1-27(45)43-17-19-44(20-18-43)30-8-12-31(13-9-30)47-23-33-24-48-38(50-33,34-14-7-29(39)21-35(34)40)25-42-16-15-41(26-42)22-28-5-10-32(11-6-28)49-36(46)37(2,3)4;/h5-16,21,26,33H,17-20,22-25H2,1-4H3;1H/q+1;/p-1/t33-,38-;/m0./s1. The first-order chi connectivity index (χ1) is 23.9. The number of benzene rings is 3. The lowest BCUT2D eigenvalue weighted by Crippen LogP contribution is -3.00. The van der Waals surface area contributed by atoms with Gasteiger partial charge in [-0.2, -0.15) is 0 Å². The van der Waals surface area contributed by atoms with Gasteiger partial charge < -0.3 is 45.7 Å². The molecule has 6 rings (SSSR count). The maximum atomic E-state index is 12.2. The molecule has 3 heterocycles. The number of piperazine rings is 1. The minimum Gasteiger partial charge on any atom is -1.00 e. The molecule has 51 heavy (non-hydrogen) atoms. The van der Waals surface area contributed by atoms with E-state index in [4.69, 9.17) is 42.1 Å². The van der Waals surface area contributed by atoms with Crippen LogP contribution in [-0.4, -0.2) is 66.8 Å². The van der Waals surface area contributed by atoms with Crippen molar-refractivity contribution >= 4 is 40.8 Å². The van der Waals surface area contributed by atoms with E-state index in [1.54, 1.807) is 19.1 Å². The summed E-state index contributed by atoms with van der Waals surface area (Å²) in [6.45, 7) is 11.7. The highest BCUT2D eigenvalue weighted by atomic mass is 79.9. The number of carbonyl (C=O) groups excluding carboxylic acids is 2. The smallest absolute Gasteiger partial charge is 0.316 e. The minimum absolute atomic E-state index is 0. The van der Waals surface area contributed by atoms with Gasteiger partial charge in [-0.25, -0.2) is 9.13 Å². The summed E-state index contributed by atoms with van der Waals surface area (Å²) in [6.07, 6.45) is 5.57. The number of nitrogens with zero attached hydrogens (tertiary/aromatic N) is 4. The van der Waals surface area contributed by atoms with Gasteiger partial charge in [0.1, 0.15) is 49.7 Å². The van der Waals surface area contributed by atoms with Crippen LogP contribution in [0.3, 0.4) is 0 Å². The van der Waals surface area contributed by atoms with Crippen LogP contribution in [0.15, 0.2) is 85.5 Å². The fourth-order valence-electron chi connectivity index (χ4n) is 5.98. The van der Waals surface area contributed by atoms with Crippen LogP contribution in [0.1, 0.15) is 38.8 Å². The topological polar surface area (TPSA) is 86.4 Å². The molecule has 3 aromatic carbocycles. The summed E-state index contributed by atoms with van der Waals surface area (Å²) in [4.78, 5) is 28.1. The molecule has 0 saturated carbocycles. The number of esters is 1. The molecule has 2 aliphatic heterocycles. The molecule has 2 atom stereocenters. The average Bonchev–Trinajstić information content (AvgIpc) is 3.71. The van der Waals surface area contributed by atoms with Crippen molar-refractivity contribution in [3.63, 3.8) is 0 Å². The number of halogens is 3. The quantitative estimate of drug-likeness (QED) is 0.139. The van der Waals surface area contributed by atoms with Gasteiger partial charge in [0.15, 0.2) is 0 Å². The monoisotopic (exact) mass is 800 g/mol. The van der Waals surface area contributed by atoms with Gasteiger partial charge in [-0.15, -0.1) is 0 Å². The predicted octanol–water partition coefficient (Wildman–Crippen LogP) is 3.10. The lowest BCUT2D eigenvalue weighted by molar-refractivity contribution is -0.688. The molecule has 0 radical (unpaired) electrons. The number of amides is 1. The average molecular weight is 803 g/mol. The number of rotatable bonds is 10. The Kier molecular flexibility index (Phi) is 12.4. The number of carbonyl (C=O) groups is 2. The fourth-order valence-corrected chi connectivity index (χ4v) is 6.53. The Morgan fingerprint density at radius 3 is 2.29 bits per heavy atom. The third-order valence-corrected chi connectivity index (χ3v) is 9.36. The largest absolute Gasteiger partial charge is 1.00 e. The van der Waals surface area contributed by atoms with E-state index in [2.05, 4.69) is 9.47 Å². The molecule has 0 bridgehead atoms. The zero-order valence-electron chi connectivity index (χ0n) is 29.2. The van der Waals surface area contributed by atoms with Crippen LogP contribution in [0.4, 0.5) is 5.69 Å². The maximum Gasteiger partial charge on any atom is 0.316 e. The molecule has 4 aromatic rings. The molecule has 0 spiro atoms. The third kappa shape index (κ3) is 9.64. The van der Waals surface area contributed by atoms with Gasteiger partial charge in [0.25, 0.3) is 0 Å². The predicted molar refractivity (Wildman–Crippen MR) is 191 cm³/mol. The highest BCUT2D eigenvalue weighted by molar-refractivity contribution is 6.35. The summed E-state index contributed by atoms with van der Waals surface area (Å²) < 4.78 is 28.8. The van der Waals surface area contributed by atoms with Crippen LogP contribution >= 0.6 is 23.2 Å². The van der Waals surface area contributed by atoms with Gasteiger partial charge in [-0.1, -0.05) is 41.4 Å². The zero-order valence-corrected chi connectivity index (χ0v) is 32.3. The van der Waals surface area contributed by atoms with E-state index in [1.165, 1.54) is 0 Å². The fraction of sp³-hybridized carbons (Fsp3) is 0.395. The van der Waals surface area contributed by atoms with Crippen LogP contribution in [-0.2, 0) is 37.9 Å². The number of anilines is 1. The van der Waals surface area contributed by atoms with Crippen LogP contribution in [0.25, 0.3) is 0 Å². The second-order valence-corrected chi connectivity index (χ2v) is 14.6. The molecule has 2 aliphatic rings. The number of aromatic nitrogens is 2. The number of ether oxygens (including phenoxy) is 4. The first kappa shape index (κ1) is 38.6. The van der Waals surface area contributed by atoms with Crippen LogP contribution < -0.4 is 35.9 Å². The normalized spacial score (nSPS) is 19.1. The molecule has 1 amide bonds. The van der Waals surface area contributed by atoms with Gasteiger partial charge in [0.05, 0.1) is 17.0 Å². The van der Waals surface area contributed by atoms with Crippen molar-refractivity contribution in [3.05, 3.63) is 107 Å². The molecule has 10 nitrogen and oxygen atoms in total. The Bertz CT molecular complexity index is 1810. The van der Waals surface area contributed by atoms with Crippen molar-refractivity contribution in [3.8, 4) is 11.5 Å². The Hall–Kier alpha value is -3.61. The zero-order chi connectivity index (χ0) is 35.5. The van der Waals surface area contributed by atoms with E-state index >= 15 is 0 Å². The molecule has 272 valence electrons. The second-order valence-electron chi connectivity index (χ2n) is 13.8. The number of imidazole rings is 1. The Morgan fingerprint density at radius 2 is 1.65 bits per heavy atom. The van der Waals surface area contributed by atoms with Gasteiger partial charge in [-0.05, 0) is 74.9 Å². The van der Waals surface area contributed by atoms with Crippen molar-refractivity contribution in [2.24, 2.45) is 5.41 Å². The summed E-state index contributed by atoms with van der Waals surface area (Å²) >= 11 is 13.0. The molecule has 0 aliphatic carbocycles. The van der Waals surface area contributed by atoms with E-state index in [1.807, 2.05) is 104 Å². The first-order valence-electron chi connectivity index (χ1n) is 16.7. The van der Waals surface area contributed by atoms with Crippen molar-refractivity contribution in [2.45, 2.75) is 52.7 Å². The minimum atomic E-state index is -1.17. The molecule has 13 heteroatoms. The van der Waals surface area contributed by atoms with Gasteiger partial charge in [0.2, 0.25) is 18.0 Å². The van der Waals surface area contributed by atoms with Crippen LogP contribution in [0.2, 0.25) is 10.0 Å². The van der Waals surface area contributed by atoms with E-state index < -0.39 is 11.2 Å². The summed E-state index contributed by atoms with van der Waals surface area (Å²) in [7, 11) is 0. The van der Waals surface area contributed by atoms with E-state index in [0.717, 1.165) is 43.2 Å². The lowest BCUT2D eigenvalue weighted by Gasteiger charge is -2.35. The van der Waals surface area contributed by atoms with E-state index in [9.17, 15) is 9.59 Å². The van der Waals surface area contributed by atoms with Crippen molar-refractivity contribution < 1.29 is 50.1 Å². The maximum absolute atomic E-state index is 12.2. The molecule has 1 aromatic heterocycles. The lowest BCUT2D eigenvalue weighted by atomic mass is 9.97. The summed E-state index contributed by atoms with van der Waals surface area (Å²) in [6, 6.07) is 20.8. The highest BCUT2D eigenvalue weighted by Crippen LogP contribution is 2.40. The van der Waals surface area contributed by atoms with Crippen molar-refractivity contribution in [1.29, 1.82) is 0 Å². The van der Waals surface area contributed by atoms with Crippen molar-refractivity contribution in [2.75, 3.05) is 44.3 Å². The number of hydrogen-bond donors (Lipinski definition) is 0. The van der Waals surface area contributed by atoms with E-state index in [0.29, 0.717) is 41.1 Å².